The predicted octanol–water partition coefficient (Wildman–Crippen LogP) is 1.38. The lowest BCUT2D eigenvalue weighted by molar-refractivity contribution is 0.121. The molecule has 0 spiro atoms. The molecule has 1 fully saturated rings. The lowest BCUT2D eigenvalue weighted by Crippen LogP contribution is -2.56. The minimum atomic E-state index is 0.442. The van der Waals surface area contributed by atoms with E-state index in [1.165, 1.54) is 11.1 Å². The van der Waals surface area contributed by atoms with E-state index >= 15 is 0 Å². The molecule has 1 aliphatic rings. The zero-order valence-corrected chi connectivity index (χ0v) is 11.1. The molecule has 0 amide bonds. The van der Waals surface area contributed by atoms with Crippen LogP contribution in [0.2, 0.25) is 0 Å². The Labute approximate surface area is 108 Å². The van der Waals surface area contributed by atoms with Crippen molar-refractivity contribution in [3.8, 4) is 0 Å². The van der Waals surface area contributed by atoms with Gasteiger partial charge in [-0.3, -0.25) is 0 Å². The van der Waals surface area contributed by atoms with Gasteiger partial charge in [0.25, 0.3) is 0 Å². The normalized spacial score (nSPS) is 18.2. The highest BCUT2D eigenvalue weighted by Crippen LogP contribution is 2.23. The van der Waals surface area contributed by atoms with Gasteiger partial charge in [0, 0.05) is 43.4 Å². The average Bonchev–Trinajstić information content (AvgIpc) is 2.71. The first kappa shape index (κ1) is 11.7. The molecule has 0 unspecified atom stereocenters. The van der Waals surface area contributed by atoms with Crippen molar-refractivity contribution in [1.29, 1.82) is 0 Å². The van der Waals surface area contributed by atoms with Gasteiger partial charge in [-0.05, 0) is 19.2 Å². The number of aromatic nitrogens is 2. The molecule has 0 aromatic carbocycles. The van der Waals surface area contributed by atoms with Crippen molar-refractivity contribution in [3.63, 3.8) is 0 Å². The fraction of sp³-hybridized carbons (Fsp3) is 0.500. The van der Waals surface area contributed by atoms with Crippen molar-refractivity contribution in [1.82, 2.24) is 19.8 Å². The third kappa shape index (κ3) is 2.13. The van der Waals surface area contributed by atoms with Gasteiger partial charge in [0.2, 0.25) is 0 Å². The monoisotopic (exact) mass is 244 g/mol. The van der Waals surface area contributed by atoms with Gasteiger partial charge in [-0.1, -0.05) is 13.0 Å². The molecule has 4 nitrogen and oxygen atoms in total. The highest BCUT2D eigenvalue weighted by molar-refractivity contribution is 5.53. The van der Waals surface area contributed by atoms with Gasteiger partial charge in [0.1, 0.15) is 0 Å². The molecule has 2 aromatic heterocycles. The average molecular weight is 244 g/mol. The van der Waals surface area contributed by atoms with Crippen LogP contribution in [0.3, 0.4) is 0 Å². The van der Waals surface area contributed by atoms with Crippen LogP contribution < -0.4 is 5.32 Å². The molecular formula is C14H20N4. The molecule has 1 aliphatic heterocycles. The Balaban J connectivity index is 1.72. The van der Waals surface area contributed by atoms with Crippen molar-refractivity contribution in [2.75, 3.05) is 26.7 Å². The maximum atomic E-state index is 4.38. The van der Waals surface area contributed by atoms with Crippen LogP contribution in [-0.2, 0) is 6.54 Å². The van der Waals surface area contributed by atoms with E-state index in [1.807, 2.05) is 23.0 Å². The quantitative estimate of drug-likeness (QED) is 0.882. The smallest absolute Gasteiger partial charge is 0.0706 e. The van der Waals surface area contributed by atoms with Crippen LogP contribution in [-0.4, -0.2) is 41.2 Å². The molecule has 0 aliphatic carbocycles. The third-order valence-electron chi connectivity index (χ3n) is 3.70. The second kappa shape index (κ2) is 4.37. The first-order chi connectivity index (χ1) is 8.66. The number of pyridine rings is 1. The number of nitrogens with zero attached hydrogens (tertiary/aromatic N) is 3. The van der Waals surface area contributed by atoms with Crippen LogP contribution in [0.1, 0.15) is 12.5 Å². The molecule has 3 heterocycles. The van der Waals surface area contributed by atoms with E-state index in [-0.39, 0.29) is 0 Å². The Morgan fingerprint density at radius 2 is 2.28 bits per heavy atom. The van der Waals surface area contributed by atoms with Gasteiger partial charge in [-0.25, -0.2) is 4.52 Å². The van der Waals surface area contributed by atoms with Crippen LogP contribution in [0, 0.1) is 5.41 Å². The summed E-state index contributed by atoms with van der Waals surface area (Å²) in [5, 5.41) is 7.73. The summed E-state index contributed by atoms with van der Waals surface area (Å²) in [6.45, 7) is 6.70. The second-order valence-electron chi connectivity index (χ2n) is 5.79. The molecule has 18 heavy (non-hydrogen) atoms. The molecule has 1 N–H and O–H groups in total. The minimum absolute atomic E-state index is 0.442. The molecule has 3 rings (SSSR count). The largest absolute Gasteiger partial charge is 0.315 e. The maximum absolute atomic E-state index is 4.38. The first-order valence-corrected chi connectivity index (χ1v) is 6.47. The fourth-order valence-electron chi connectivity index (χ4n) is 2.77. The standard InChI is InChI=1S/C14H20N4/c1-14(9-15-10-14)11-17(2)8-12-7-16-18-6-4-3-5-13(12)18/h3-7,15H,8-11H2,1-2H3. The number of hydrogen-bond donors (Lipinski definition) is 1. The molecular weight excluding hydrogens is 224 g/mol. The van der Waals surface area contributed by atoms with Gasteiger partial charge < -0.3 is 10.2 Å². The van der Waals surface area contributed by atoms with Crippen LogP contribution in [0.25, 0.3) is 5.52 Å². The van der Waals surface area contributed by atoms with Crippen LogP contribution in [0.4, 0.5) is 0 Å². The van der Waals surface area contributed by atoms with Crippen molar-refractivity contribution >= 4 is 5.52 Å². The van der Waals surface area contributed by atoms with Crippen LogP contribution >= 0.6 is 0 Å². The first-order valence-electron chi connectivity index (χ1n) is 6.47. The highest BCUT2D eigenvalue weighted by Gasteiger charge is 2.32. The van der Waals surface area contributed by atoms with E-state index in [0.717, 1.165) is 26.2 Å². The number of rotatable bonds is 4. The van der Waals surface area contributed by atoms with Gasteiger partial charge in [-0.2, -0.15) is 5.10 Å². The second-order valence-corrected chi connectivity index (χ2v) is 5.79. The summed E-state index contributed by atoms with van der Waals surface area (Å²) in [5.74, 6) is 0. The third-order valence-corrected chi connectivity index (χ3v) is 3.70. The van der Waals surface area contributed by atoms with Crippen LogP contribution in [0.15, 0.2) is 30.6 Å². The molecule has 0 bridgehead atoms. The number of nitrogens with one attached hydrogen (secondary N) is 1. The summed E-state index contributed by atoms with van der Waals surface area (Å²) in [6.07, 6.45) is 3.98. The zero-order chi connectivity index (χ0) is 12.6. The van der Waals surface area contributed by atoms with Gasteiger partial charge in [-0.15, -0.1) is 0 Å². The molecule has 2 aromatic rings. The molecule has 0 radical (unpaired) electrons. The fourth-order valence-corrected chi connectivity index (χ4v) is 2.77. The highest BCUT2D eigenvalue weighted by atomic mass is 15.2. The SMILES string of the molecule is CN(Cc1cnn2ccccc12)CC1(C)CNC1. The van der Waals surface area contributed by atoms with Crippen LogP contribution in [0.5, 0.6) is 0 Å². The summed E-state index contributed by atoms with van der Waals surface area (Å²) in [4.78, 5) is 2.39. The number of fused-ring (bicyclic) bond motifs is 1. The van der Waals surface area contributed by atoms with Crippen molar-refractivity contribution < 1.29 is 0 Å². The van der Waals surface area contributed by atoms with Gasteiger partial charge >= 0.3 is 0 Å². The Kier molecular flexibility index (Phi) is 2.84. The Bertz CT molecular complexity index is 541. The summed E-state index contributed by atoms with van der Waals surface area (Å²) < 4.78 is 1.94. The van der Waals surface area contributed by atoms with E-state index in [9.17, 15) is 0 Å². The van der Waals surface area contributed by atoms with Gasteiger partial charge in [0.05, 0.1) is 11.7 Å². The van der Waals surface area contributed by atoms with E-state index in [2.05, 4.69) is 41.4 Å². The Hall–Kier alpha value is -1.39. The summed E-state index contributed by atoms with van der Waals surface area (Å²) in [6, 6.07) is 6.20. The summed E-state index contributed by atoms with van der Waals surface area (Å²) in [5.41, 5.74) is 2.95. The molecule has 0 saturated carbocycles. The van der Waals surface area contributed by atoms with Crippen molar-refractivity contribution in [2.24, 2.45) is 5.41 Å². The zero-order valence-electron chi connectivity index (χ0n) is 11.1. The lowest BCUT2D eigenvalue weighted by atomic mass is 9.83. The topological polar surface area (TPSA) is 32.6 Å². The van der Waals surface area contributed by atoms with E-state index in [4.69, 9.17) is 0 Å². The molecule has 96 valence electrons. The van der Waals surface area contributed by atoms with E-state index < -0.39 is 0 Å². The van der Waals surface area contributed by atoms with E-state index in [0.29, 0.717) is 5.41 Å². The molecule has 4 heteroatoms. The Morgan fingerprint density at radius 3 is 3.00 bits per heavy atom. The van der Waals surface area contributed by atoms with Crippen molar-refractivity contribution in [2.45, 2.75) is 13.5 Å². The minimum Gasteiger partial charge on any atom is -0.315 e. The molecule has 0 atom stereocenters. The van der Waals surface area contributed by atoms with E-state index in [1.54, 1.807) is 0 Å². The maximum Gasteiger partial charge on any atom is 0.0706 e. The van der Waals surface area contributed by atoms with Gasteiger partial charge in [0.15, 0.2) is 0 Å². The lowest BCUT2D eigenvalue weighted by Gasteiger charge is -2.42. The molecule has 1 saturated heterocycles. The number of hydrogen-bond acceptors (Lipinski definition) is 3. The summed E-state index contributed by atoms with van der Waals surface area (Å²) in [7, 11) is 2.19. The predicted molar refractivity (Wildman–Crippen MR) is 72.5 cm³/mol. The summed E-state index contributed by atoms with van der Waals surface area (Å²) >= 11 is 0. The Morgan fingerprint density at radius 1 is 1.44 bits per heavy atom. The van der Waals surface area contributed by atoms with Crippen molar-refractivity contribution in [3.05, 3.63) is 36.2 Å².